The molecule has 0 heterocycles. The van der Waals surface area contributed by atoms with Gasteiger partial charge in [-0.15, -0.1) is 0 Å². The first-order valence-electron chi connectivity index (χ1n) is 2.98. The van der Waals surface area contributed by atoms with Crippen LogP contribution in [0.15, 0.2) is 20.7 Å². The summed E-state index contributed by atoms with van der Waals surface area (Å²) in [6.45, 7) is 0. The lowest BCUT2D eigenvalue weighted by Gasteiger charge is -2.04. The van der Waals surface area contributed by atoms with Crippen molar-refractivity contribution in [2.75, 3.05) is 0 Å². The topological polar surface area (TPSA) is 104 Å². The number of halogens is 1. The minimum Gasteiger partial charge on any atom is -0.400 e. The van der Waals surface area contributed by atoms with E-state index in [0.29, 0.717) is 17.1 Å². The van der Waals surface area contributed by atoms with Crippen LogP contribution in [0.2, 0.25) is 0 Å². The maximum absolute atomic E-state index is 5.65. The summed E-state index contributed by atoms with van der Waals surface area (Å²) >= 11 is -0.369. The van der Waals surface area contributed by atoms with Gasteiger partial charge in [-0.1, -0.05) is 25.2 Å². The summed E-state index contributed by atoms with van der Waals surface area (Å²) in [6.07, 6.45) is 0. The molecular weight excluding hydrogens is 255 g/mol. The Morgan fingerprint density at radius 1 is 1.18 bits per heavy atom. The molecule has 1 atom stereocenters. The van der Waals surface area contributed by atoms with Crippen LogP contribution >= 0.6 is 20.7 Å². The average molecular weight is 266 g/mol. The smallest absolute Gasteiger partial charge is 0.0877 e. The Labute approximate surface area is 75.0 Å². The summed E-state index contributed by atoms with van der Waals surface area (Å²) in [6, 6.07) is -0.383. The molecule has 0 aromatic heterocycles. The van der Waals surface area contributed by atoms with Gasteiger partial charge >= 0.3 is 0 Å². The van der Waals surface area contributed by atoms with E-state index in [4.69, 9.17) is 22.9 Å². The van der Waals surface area contributed by atoms with E-state index in [9.17, 15) is 0 Å². The second kappa shape index (κ2) is 2.82. The highest BCUT2D eigenvalue weighted by molar-refractivity contribution is 14.2. The summed E-state index contributed by atoms with van der Waals surface area (Å²) in [5.41, 5.74) is 24.1. The summed E-state index contributed by atoms with van der Waals surface area (Å²) < 4.78 is 4.68. The fourth-order valence-corrected chi connectivity index (χ4v) is 2.40. The number of hydrogen-bond donors (Lipinski definition) is 4. The van der Waals surface area contributed by atoms with Gasteiger partial charge in [0.1, 0.15) is 0 Å². The molecule has 0 spiro atoms. The molecule has 1 rings (SSSR count). The van der Waals surface area contributed by atoms with Gasteiger partial charge in [0.05, 0.1) is 21.0 Å². The van der Waals surface area contributed by atoms with Crippen molar-refractivity contribution in [3.63, 3.8) is 0 Å². The Bertz CT molecular complexity index is 266. The molecule has 0 radical (unpaired) electrons. The molecule has 1 aliphatic rings. The Morgan fingerprint density at radius 2 is 1.73 bits per heavy atom. The molecule has 0 unspecified atom stereocenters. The maximum atomic E-state index is 5.65. The number of allylic oxidation sites excluding steroid dienone is 1. The largest absolute Gasteiger partial charge is 0.400 e. The molecular formula is C6H11IN4. The van der Waals surface area contributed by atoms with E-state index in [1.807, 2.05) is 0 Å². The van der Waals surface area contributed by atoms with Crippen LogP contribution < -0.4 is 22.9 Å². The van der Waals surface area contributed by atoms with Crippen molar-refractivity contribution in [1.29, 1.82) is 0 Å². The van der Waals surface area contributed by atoms with Gasteiger partial charge in [0.15, 0.2) is 0 Å². The quantitative estimate of drug-likeness (QED) is 0.458. The number of rotatable bonds is 1. The van der Waals surface area contributed by atoms with Gasteiger partial charge in [0.25, 0.3) is 0 Å². The fraction of sp³-hybridized carbons (Fsp3) is 0.167. The molecule has 0 aliphatic heterocycles. The Kier molecular flexibility index (Phi) is 2.19. The summed E-state index contributed by atoms with van der Waals surface area (Å²) in [5, 5.41) is 0. The van der Waals surface area contributed by atoms with Crippen LogP contribution in [0, 0.1) is 0 Å². The number of nitrogens with two attached hydrogens (primary N) is 4. The SMILES string of the molecule is C=IC1=C(N)[C@H](N)C(N)=C1N. The van der Waals surface area contributed by atoms with Crippen LogP contribution in [-0.2, 0) is 0 Å². The summed E-state index contributed by atoms with van der Waals surface area (Å²) in [7, 11) is 0. The number of hydrogen-bond acceptors (Lipinski definition) is 4. The summed E-state index contributed by atoms with van der Waals surface area (Å²) in [5.74, 6) is 0. The zero-order valence-electron chi connectivity index (χ0n) is 5.97. The van der Waals surface area contributed by atoms with E-state index in [-0.39, 0.29) is 26.8 Å². The molecule has 5 heteroatoms. The molecule has 1 aliphatic carbocycles. The van der Waals surface area contributed by atoms with E-state index in [1.165, 1.54) is 0 Å². The predicted octanol–water partition coefficient (Wildman–Crippen LogP) is -0.971. The third-order valence-corrected chi connectivity index (χ3v) is 3.57. The highest BCUT2D eigenvalue weighted by Gasteiger charge is 2.24. The van der Waals surface area contributed by atoms with Crippen LogP contribution in [0.4, 0.5) is 0 Å². The van der Waals surface area contributed by atoms with Gasteiger partial charge in [-0.05, 0) is 0 Å². The molecule has 62 valence electrons. The molecule has 4 nitrogen and oxygen atoms in total. The van der Waals surface area contributed by atoms with E-state index in [0.717, 1.165) is 3.58 Å². The molecule has 8 N–H and O–H groups in total. The van der Waals surface area contributed by atoms with Crippen LogP contribution in [0.25, 0.3) is 0 Å². The zero-order valence-corrected chi connectivity index (χ0v) is 8.13. The second-order valence-electron chi connectivity index (χ2n) is 2.25. The van der Waals surface area contributed by atoms with Crippen molar-refractivity contribution in [2.45, 2.75) is 6.04 Å². The predicted molar refractivity (Wildman–Crippen MR) is 55.7 cm³/mol. The normalized spacial score (nSPS) is 25.0. The first kappa shape index (κ1) is 8.54. The minimum absolute atomic E-state index is 0.369. The first-order chi connectivity index (χ1) is 5.09. The second-order valence-corrected chi connectivity index (χ2v) is 4.09. The van der Waals surface area contributed by atoms with Gasteiger partial charge < -0.3 is 22.9 Å². The summed E-state index contributed by atoms with van der Waals surface area (Å²) in [4.78, 5) is 0. The maximum Gasteiger partial charge on any atom is 0.0877 e. The highest BCUT2D eigenvalue weighted by Crippen LogP contribution is 2.30. The molecule has 0 aromatic rings. The monoisotopic (exact) mass is 266 g/mol. The first-order valence-corrected chi connectivity index (χ1v) is 5.59. The molecule has 0 fully saturated rings. The molecule has 0 saturated heterocycles. The Morgan fingerprint density at radius 3 is 1.91 bits per heavy atom. The lowest BCUT2D eigenvalue weighted by Crippen LogP contribution is -2.31. The van der Waals surface area contributed by atoms with Crippen molar-refractivity contribution in [2.24, 2.45) is 22.9 Å². The minimum atomic E-state index is -0.383. The molecule has 0 aromatic carbocycles. The van der Waals surface area contributed by atoms with Crippen LogP contribution in [-0.4, -0.2) is 10.6 Å². The van der Waals surface area contributed by atoms with E-state index in [1.54, 1.807) is 0 Å². The fourth-order valence-electron chi connectivity index (χ4n) is 0.903. The standard InChI is InChI=1S/C6H11IN4/c1-7-2-3(8)5(10)6(11)4(2)9/h5H,1,8-11H2/t5-/m0/s1. The Balaban J connectivity index is 3.17. The van der Waals surface area contributed by atoms with Gasteiger partial charge in [-0.3, -0.25) is 0 Å². The van der Waals surface area contributed by atoms with E-state index >= 15 is 0 Å². The highest BCUT2D eigenvalue weighted by atomic mass is 127. The van der Waals surface area contributed by atoms with Crippen LogP contribution in [0.3, 0.4) is 0 Å². The van der Waals surface area contributed by atoms with Crippen LogP contribution in [0.1, 0.15) is 0 Å². The third-order valence-electron chi connectivity index (χ3n) is 1.60. The average Bonchev–Trinajstić information content (AvgIpc) is 2.17. The van der Waals surface area contributed by atoms with Crippen molar-refractivity contribution in [3.8, 4) is 0 Å². The van der Waals surface area contributed by atoms with Gasteiger partial charge in [-0.25, -0.2) is 0 Å². The molecule has 11 heavy (non-hydrogen) atoms. The van der Waals surface area contributed by atoms with Gasteiger partial charge in [0.2, 0.25) is 0 Å². The van der Waals surface area contributed by atoms with Crippen molar-refractivity contribution in [1.82, 2.24) is 0 Å². The van der Waals surface area contributed by atoms with E-state index in [2.05, 4.69) is 4.51 Å². The zero-order chi connectivity index (χ0) is 8.59. The Hall–Kier alpha value is -0.560. The van der Waals surface area contributed by atoms with Crippen LogP contribution in [0.5, 0.6) is 0 Å². The van der Waals surface area contributed by atoms with E-state index < -0.39 is 0 Å². The van der Waals surface area contributed by atoms with Crippen molar-refractivity contribution < 1.29 is 0 Å². The van der Waals surface area contributed by atoms with Gasteiger partial charge in [-0.2, -0.15) is 0 Å². The molecule has 0 saturated carbocycles. The molecule has 0 amide bonds. The van der Waals surface area contributed by atoms with Gasteiger partial charge in [0, 0.05) is 5.70 Å². The third kappa shape index (κ3) is 1.14. The van der Waals surface area contributed by atoms with Crippen molar-refractivity contribution >= 4 is 25.2 Å². The van der Waals surface area contributed by atoms with Crippen molar-refractivity contribution in [3.05, 3.63) is 20.7 Å². The lowest BCUT2D eigenvalue weighted by atomic mass is 10.2. The molecule has 0 bridgehead atoms. The lowest BCUT2D eigenvalue weighted by molar-refractivity contribution is 0.875.